The number of rotatable bonds is 6. The second-order valence-corrected chi connectivity index (χ2v) is 8.66. The number of nitrogens with zero attached hydrogens (tertiary/aromatic N) is 4. The highest BCUT2D eigenvalue weighted by atomic mass is 19.4. The van der Waals surface area contributed by atoms with Gasteiger partial charge in [-0.15, -0.1) is 0 Å². The van der Waals surface area contributed by atoms with E-state index in [0.29, 0.717) is 40.9 Å². The number of ether oxygens (including phenoxy) is 2. The molecule has 0 saturated heterocycles. The molecule has 2 aromatic carbocycles. The molecule has 1 aromatic heterocycles. The van der Waals surface area contributed by atoms with Gasteiger partial charge < -0.3 is 19.7 Å². The quantitative estimate of drug-likeness (QED) is 0.493. The number of alkyl halides is 3. The van der Waals surface area contributed by atoms with Gasteiger partial charge in [0, 0.05) is 45.0 Å². The highest BCUT2D eigenvalue weighted by molar-refractivity contribution is 5.96. The number of anilines is 2. The fourth-order valence-corrected chi connectivity index (χ4v) is 3.83. The van der Waals surface area contributed by atoms with Crippen LogP contribution in [-0.4, -0.2) is 54.1 Å². The molecule has 3 aromatic rings. The van der Waals surface area contributed by atoms with Gasteiger partial charge in [0.15, 0.2) is 0 Å². The Kier molecular flexibility index (Phi) is 7.23. The minimum absolute atomic E-state index is 0.145. The Hall–Kier alpha value is -3.90. The van der Waals surface area contributed by atoms with Crippen LogP contribution in [0.15, 0.2) is 36.5 Å². The van der Waals surface area contributed by atoms with Crippen LogP contribution in [0.1, 0.15) is 32.6 Å². The summed E-state index contributed by atoms with van der Waals surface area (Å²) in [5.41, 5.74) is 1.81. The first-order valence-electron chi connectivity index (χ1n) is 11.2. The Morgan fingerprint density at radius 3 is 2.65 bits per heavy atom. The molecular weight excluding hydrogens is 491 g/mol. The lowest BCUT2D eigenvalue weighted by atomic mass is 10.1. The molecule has 0 spiro atoms. The van der Waals surface area contributed by atoms with E-state index in [2.05, 4.69) is 15.3 Å². The molecule has 37 heavy (non-hydrogen) atoms. The number of benzene rings is 2. The second kappa shape index (κ2) is 10.2. The van der Waals surface area contributed by atoms with Gasteiger partial charge in [0.05, 0.1) is 19.4 Å². The van der Waals surface area contributed by atoms with Crippen LogP contribution in [0, 0.1) is 6.92 Å². The maximum absolute atomic E-state index is 13.8. The molecule has 1 amide bonds. The second-order valence-electron chi connectivity index (χ2n) is 8.66. The molecule has 1 aliphatic heterocycles. The SMILES string of the molecule is COc1cc(C(=O)N(C)C)c(C)cc1Nc1ncc(C(F)(F)F)c(Oc2cccc3c2CON(C)C3)n1. The maximum atomic E-state index is 13.8. The largest absolute Gasteiger partial charge is 0.495 e. The number of aryl methyl sites for hydroxylation is 1. The zero-order chi connectivity index (χ0) is 26.9. The Balaban J connectivity index is 1.71. The lowest BCUT2D eigenvalue weighted by molar-refractivity contribution is -0.168. The molecule has 196 valence electrons. The number of amides is 1. The van der Waals surface area contributed by atoms with E-state index in [9.17, 15) is 18.0 Å². The number of aromatic nitrogens is 2. The third-order valence-corrected chi connectivity index (χ3v) is 5.75. The first-order chi connectivity index (χ1) is 17.5. The van der Waals surface area contributed by atoms with Crippen molar-refractivity contribution in [2.45, 2.75) is 26.3 Å². The first kappa shape index (κ1) is 26.2. The predicted molar refractivity (Wildman–Crippen MR) is 129 cm³/mol. The molecule has 4 rings (SSSR count). The predicted octanol–water partition coefficient (Wildman–Crippen LogP) is 4.93. The standard InChI is InChI=1S/C25H26F3N5O4/c1-14-9-19(21(35-5)10-16(14)23(34)32(2)3)30-24-29-11-18(25(26,27)28)22(31-24)37-20-8-6-7-15-12-33(4)36-13-17(15)20/h6-11H,12-13H2,1-5H3,(H,29,30,31). The van der Waals surface area contributed by atoms with Gasteiger partial charge in [-0.1, -0.05) is 12.1 Å². The molecule has 12 heteroatoms. The van der Waals surface area contributed by atoms with Gasteiger partial charge in [-0.25, -0.2) is 4.98 Å². The third kappa shape index (κ3) is 5.59. The van der Waals surface area contributed by atoms with Crippen LogP contribution in [-0.2, 0) is 24.2 Å². The lowest BCUT2D eigenvalue weighted by Crippen LogP contribution is -2.24. The van der Waals surface area contributed by atoms with Gasteiger partial charge in [0.2, 0.25) is 11.8 Å². The van der Waals surface area contributed by atoms with Crippen molar-refractivity contribution in [3.63, 3.8) is 0 Å². The van der Waals surface area contributed by atoms with E-state index >= 15 is 0 Å². The summed E-state index contributed by atoms with van der Waals surface area (Å²) in [6, 6.07) is 8.31. The van der Waals surface area contributed by atoms with E-state index in [1.807, 2.05) is 6.07 Å². The number of hydrogen-bond donors (Lipinski definition) is 1. The van der Waals surface area contributed by atoms with Crippen LogP contribution in [0.2, 0.25) is 0 Å². The summed E-state index contributed by atoms with van der Waals surface area (Å²) in [5.74, 6) is -0.522. The number of fused-ring (bicyclic) bond motifs is 1. The average Bonchev–Trinajstić information content (AvgIpc) is 2.83. The van der Waals surface area contributed by atoms with Crippen molar-refractivity contribution in [2.24, 2.45) is 0 Å². The van der Waals surface area contributed by atoms with Crippen molar-refractivity contribution in [1.82, 2.24) is 19.9 Å². The van der Waals surface area contributed by atoms with Crippen molar-refractivity contribution in [3.05, 3.63) is 64.3 Å². The molecule has 0 unspecified atom stereocenters. The van der Waals surface area contributed by atoms with Gasteiger partial charge >= 0.3 is 6.18 Å². The molecule has 1 N–H and O–H groups in total. The number of carbonyl (C=O) groups excluding carboxylic acids is 1. The lowest BCUT2D eigenvalue weighted by Gasteiger charge is -2.26. The normalized spacial score (nSPS) is 13.6. The zero-order valence-corrected chi connectivity index (χ0v) is 20.9. The van der Waals surface area contributed by atoms with E-state index in [-0.39, 0.29) is 24.2 Å². The van der Waals surface area contributed by atoms with Crippen LogP contribution in [0.4, 0.5) is 24.8 Å². The van der Waals surface area contributed by atoms with Gasteiger partial charge in [-0.2, -0.15) is 23.2 Å². The molecule has 0 atom stereocenters. The molecular formula is C25H26F3N5O4. The first-order valence-corrected chi connectivity index (χ1v) is 11.2. The van der Waals surface area contributed by atoms with Gasteiger partial charge in [0.1, 0.15) is 17.1 Å². The van der Waals surface area contributed by atoms with E-state index in [1.54, 1.807) is 57.4 Å². The summed E-state index contributed by atoms with van der Waals surface area (Å²) < 4.78 is 52.5. The summed E-state index contributed by atoms with van der Waals surface area (Å²) in [6.07, 6.45) is -4.09. The highest BCUT2D eigenvalue weighted by Crippen LogP contribution is 2.39. The van der Waals surface area contributed by atoms with Gasteiger partial charge in [0.25, 0.3) is 5.91 Å². The smallest absolute Gasteiger partial charge is 0.423 e. The molecule has 0 saturated carbocycles. The fraction of sp³-hybridized carbons (Fsp3) is 0.320. The number of carbonyl (C=O) groups is 1. The highest BCUT2D eigenvalue weighted by Gasteiger charge is 2.37. The van der Waals surface area contributed by atoms with Gasteiger partial charge in [-0.05, 0) is 36.2 Å². The fourth-order valence-electron chi connectivity index (χ4n) is 3.83. The Morgan fingerprint density at radius 1 is 1.22 bits per heavy atom. The number of hydrogen-bond acceptors (Lipinski definition) is 8. The number of methoxy groups -OCH3 is 1. The minimum atomic E-state index is -4.75. The van der Waals surface area contributed by atoms with Crippen molar-refractivity contribution in [3.8, 4) is 17.4 Å². The van der Waals surface area contributed by atoms with Crippen LogP contribution in [0.5, 0.6) is 17.4 Å². The van der Waals surface area contributed by atoms with E-state index < -0.39 is 17.6 Å². The summed E-state index contributed by atoms with van der Waals surface area (Å²) in [7, 11) is 6.44. The molecule has 9 nitrogen and oxygen atoms in total. The molecule has 0 radical (unpaired) electrons. The van der Waals surface area contributed by atoms with Crippen LogP contribution < -0.4 is 14.8 Å². The van der Waals surface area contributed by atoms with Crippen molar-refractivity contribution >= 4 is 17.5 Å². The third-order valence-electron chi connectivity index (χ3n) is 5.75. The summed E-state index contributed by atoms with van der Waals surface area (Å²) in [6.45, 7) is 2.34. The van der Waals surface area contributed by atoms with E-state index in [0.717, 1.165) is 5.56 Å². The van der Waals surface area contributed by atoms with E-state index in [4.69, 9.17) is 14.3 Å². The summed E-state index contributed by atoms with van der Waals surface area (Å²) in [5, 5.41) is 4.51. The Morgan fingerprint density at radius 2 is 1.97 bits per heavy atom. The minimum Gasteiger partial charge on any atom is -0.495 e. The zero-order valence-electron chi connectivity index (χ0n) is 20.9. The summed E-state index contributed by atoms with van der Waals surface area (Å²) >= 11 is 0. The Labute approximate surface area is 211 Å². The maximum Gasteiger partial charge on any atom is 0.423 e. The van der Waals surface area contributed by atoms with Crippen molar-refractivity contribution in [1.29, 1.82) is 0 Å². The summed E-state index contributed by atoms with van der Waals surface area (Å²) in [4.78, 5) is 27.3. The van der Waals surface area contributed by atoms with Crippen LogP contribution in [0.25, 0.3) is 0 Å². The number of hydroxylamine groups is 2. The monoisotopic (exact) mass is 517 g/mol. The van der Waals surface area contributed by atoms with Crippen LogP contribution in [0.3, 0.4) is 0 Å². The van der Waals surface area contributed by atoms with Crippen LogP contribution >= 0.6 is 0 Å². The number of nitrogens with one attached hydrogen (secondary N) is 1. The van der Waals surface area contributed by atoms with Crippen molar-refractivity contribution < 1.29 is 32.3 Å². The molecule has 0 aliphatic carbocycles. The molecule has 2 heterocycles. The van der Waals surface area contributed by atoms with E-state index in [1.165, 1.54) is 12.0 Å². The van der Waals surface area contributed by atoms with Gasteiger partial charge in [-0.3, -0.25) is 9.63 Å². The molecule has 0 bridgehead atoms. The number of halogens is 3. The van der Waals surface area contributed by atoms with Crippen molar-refractivity contribution in [2.75, 3.05) is 33.6 Å². The Bertz CT molecular complexity index is 1330. The average molecular weight is 518 g/mol. The topological polar surface area (TPSA) is 89.0 Å². The molecule has 1 aliphatic rings. The molecule has 0 fully saturated rings.